The van der Waals surface area contributed by atoms with Crippen molar-refractivity contribution >= 4 is 29.1 Å². The van der Waals surface area contributed by atoms with Crippen LogP contribution in [0.25, 0.3) is 0 Å². The van der Waals surface area contributed by atoms with E-state index in [-0.39, 0.29) is 18.5 Å². The molecule has 6 heteroatoms. The molecular weight excluding hydrogens is 359 g/mol. The van der Waals surface area contributed by atoms with Crippen molar-refractivity contribution in [2.75, 3.05) is 20.2 Å². The van der Waals surface area contributed by atoms with E-state index in [9.17, 15) is 4.79 Å². The zero-order valence-corrected chi connectivity index (χ0v) is 15.8. The third-order valence-electron chi connectivity index (χ3n) is 3.89. The zero-order valence-electron chi connectivity index (χ0n) is 14.3. The number of ether oxygens (including phenoxy) is 1. The SMILES string of the molecule is COc1ccc(CCNC(=O)CN[C@H](C)c2ccc(Cl)cc2Cl)cc1. The van der Waals surface area contributed by atoms with Crippen molar-refractivity contribution < 1.29 is 9.53 Å². The van der Waals surface area contributed by atoms with Gasteiger partial charge in [-0.1, -0.05) is 41.4 Å². The lowest BCUT2D eigenvalue weighted by Gasteiger charge is -2.16. The molecule has 2 N–H and O–H groups in total. The minimum atomic E-state index is -0.0505. The maximum atomic E-state index is 12.0. The first kappa shape index (κ1) is 19.6. The lowest BCUT2D eigenvalue weighted by molar-refractivity contribution is -0.120. The average Bonchev–Trinajstić information content (AvgIpc) is 2.60. The van der Waals surface area contributed by atoms with Crippen molar-refractivity contribution in [3.05, 3.63) is 63.6 Å². The fourth-order valence-corrected chi connectivity index (χ4v) is 2.98. The van der Waals surface area contributed by atoms with Crippen LogP contribution in [0.3, 0.4) is 0 Å². The molecule has 0 saturated heterocycles. The molecule has 0 saturated carbocycles. The molecule has 0 spiro atoms. The minimum absolute atomic E-state index is 0.0443. The van der Waals surface area contributed by atoms with E-state index in [1.54, 1.807) is 19.2 Å². The topological polar surface area (TPSA) is 50.4 Å². The molecule has 25 heavy (non-hydrogen) atoms. The number of halogens is 2. The molecule has 1 amide bonds. The highest BCUT2D eigenvalue weighted by atomic mass is 35.5. The van der Waals surface area contributed by atoms with Crippen LogP contribution in [0.4, 0.5) is 0 Å². The number of hydrogen-bond acceptors (Lipinski definition) is 3. The van der Waals surface area contributed by atoms with Crippen LogP contribution in [0.2, 0.25) is 10.0 Å². The van der Waals surface area contributed by atoms with Crippen LogP contribution in [-0.4, -0.2) is 26.1 Å². The molecule has 0 aromatic heterocycles. The summed E-state index contributed by atoms with van der Waals surface area (Å²) in [6.07, 6.45) is 0.772. The largest absolute Gasteiger partial charge is 0.497 e. The van der Waals surface area contributed by atoms with Gasteiger partial charge in [-0.25, -0.2) is 0 Å². The summed E-state index contributed by atoms with van der Waals surface area (Å²) < 4.78 is 5.12. The molecule has 0 aliphatic rings. The van der Waals surface area contributed by atoms with Crippen LogP contribution >= 0.6 is 23.2 Å². The minimum Gasteiger partial charge on any atom is -0.497 e. The summed E-state index contributed by atoms with van der Waals surface area (Å²) in [6, 6.07) is 13.1. The number of amides is 1. The lowest BCUT2D eigenvalue weighted by Crippen LogP contribution is -2.36. The van der Waals surface area contributed by atoms with Crippen LogP contribution in [0, 0.1) is 0 Å². The number of carbonyl (C=O) groups is 1. The second kappa shape index (κ2) is 9.66. The van der Waals surface area contributed by atoms with E-state index in [2.05, 4.69) is 10.6 Å². The monoisotopic (exact) mass is 380 g/mol. The van der Waals surface area contributed by atoms with Gasteiger partial charge in [0, 0.05) is 22.6 Å². The van der Waals surface area contributed by atoms with Gasteiger partial charge in [0.2, 0.25) is 5.91 Å². The van der Waals surface area contributed by atoms with Crippen molar-refractivity contribution in [2.45, 2.75) is 19.4 Å². The Balaban J connectivity index is 1.72. The van der Waals surface area contributed by atoms with Crippen LogP contribution in [0.5, 0.6) is 5.75 Å². The molecule has 2 aromatic rings. The molecular formula is C19H22Cl2N2O2. The normalized spacial score (nSPS) is 11.8. The summed E-state index contributed by atoms with van der Waals surface area (Å²) in [6.45, 7) is 2.77. The van der Waals surface area contributed by atoms with E-state index in [1.165, 1.54) is 0 Å². The summed E-state index contributed by atoms with van der Waals surface area (Å²) >= 11 is 12.1. The Labute approximate surface area is 158 Å². The van der Waals surface area contributed by atoms with E-state index in [0.717, 1.165) is 23.3 Å². The first-order valence-electron chi connectivity index (χ1n) is 8.07. The molecule has 134 valence electrons. The molecule has 0 unspecified atom stereocenters. The average molecular weight is 381 g/mol. The number of carbonyl (C=O) groups excluding carboxylic acids is 1. The number of nitrogens with one attached hydrogen (secondary N) is 2. The van der Waals surface area contributed by atoms with E-state index >= 15 is 0 Å². The van der Waals surface area contributed by atoms with Crippen LogP contribution in [0.1, 0.15) is 24.1 Å². The number of hydrogen-bond donors (Lipinski definition) is 2. The number of benzene rings is 2. The van der Waals surface area contributed by atoms with Crippen molar-refractivity contribution in [1.82, 2.24) is 10.6 Å². The fraction of sp³-hybridized carbons (Fsp3) is 0.316. The van der Waals surface area contributed by atoms with E-state index in [4.69, 9.17) is 27.9 Å². The Kier molecular flexibility index (Phi) is 7.56. The Morgan fingerprint density at radius 3 is 2.52 bits per heavy atom. The summed E-state index contributed by atoms with van der Waals surface area (Å²) in [5, 5.41) is 7.25. The van der Waals surface area contributed by atoms with Crippen molar-refractivity contribution in [2.24, 2.45) is 0 Å². The summed E-state index contributed by atoms with van der Waals surface area (Å²) in [5.41, 5.74) is 2.06. The third-order valence-corrected chi connectivity index (χ3v) is 4.46. The maximum absolute atomic E-state index is 12.0. The van der Waals surface area contributed by atoms with Crippen molar-refractivity contribution in [3.8, 4) is 5.75 Å². The highest BCUT2D eigenvalue weighted by molar-refractivity contribution is 6.35. The molecule has 1 atom stereocenters. The number of rotatable bonds is 8. The van der Waals surface area contributed by atoms with E-state index < -0.39 is 0 Å². The van der Waals surface area contributed by atoms with Gasteiger partial charge in [-0.2, -0.15) is 0 Å². The molecule has 0 heterocycles. The zero-order chi connectivity index (χ0) is 18.2. The summed E-state index contributed by atoms with van der Waals surface area (Å²) in [5.74, 6) is 0.775. The first-order valence-corrected chi connectivity index (χ1v) is 8.83. The molecule has 2 aromatic carbocycles. The predicted octanol–water partition coefficient (Wildman–Crippen LogP) is 4.01. The Morgan fingerprint density at radius 2 is 1.88 bits per heavy atom. The summed E-state index contributed by atoms with van der Waals surface area (Å²) in [4.78, 5) is 12.0. The smallest absolute Gasteiger partial charge is 0.233 e. The van der Waals surface area contributed by atoms with Gasteiger partial charge in [0.1, 0.15) is 5.75 Å². The highest BCUT2D eigenvalue weighted by Crippen LogP contribution is 2.25. The van der Waals surface area contributed by atoms with Gasteiger partial charge in [-0.15, -0.1) is 0 Å². The molecule has 0 fully saturated rings. The Morgan fingerprint density at radius 1 is 1.16 bits per heavy atom. The predicted molar refractivity (Wildman–Crippen MR) is 103 cm³/mol. The van der Waals surface area contributed by atoms with E-state index in [1.807, 2.05) is 37.3 Å². The van der Waals surface area contributed by atoms with Gasteiger partial charge in [0.25, 0.3) is 0 Å². The third kappa shape index (κ3) is 6.24. The van der Waals surface area contributed by atoms with E-state index in [0.29, 0.717) is 16.6 Å². The van der Waals surface area contributed by atoms with Gasteiger partial charge >= 0.3 is 0 Å². The Bertz CT molecular complexity index is 705. The Hall–Kier alpha value is -1.75. The fourth-order valence-electron chi connectivity index (χ4n) is 2.41. The van der Waals surface area contributed by atoms with Gasteiger partial charge in [-0.3, -0.25) is 4.79 Å². The van der Waals surface area contributed by atoms with Crippen molar-refractivity contribution in [1.29, 1.82) is 0 Å². The molecule has 0 bridgehead atoms. The first-order chi connectivity index (χ1) is 12.0. The van der Waals surface area contributed by atoms with Crippen LogP contribution < -0.4 is 15.4 Å². The molecule has 4 nitrogen and oxygen atoms in total. The van der Waals surface area contributed by atoms with Gasteiger partial charge in [0.15, 0.2) is 0 Å². The molecule has 2 rings (SSSR count). The second-order valence-corrected chi connectivity index (χ2v) is 6.56. The van der Waals surface area contributed by atoms with Gasteiger partial charge in [0.05, 0.1) is 13.7 Å². The van der Waals surface area contributed by atoms with Crippen LogP contribution in [0.15, 0.2) is 42.5 Å². The molecule has 0 radical (unpaired) electrons. The van der Waals surface area contributed by atoms with Crippen LogP contribution in [-0.2, 0) is 11.2 Å². The number of methoxy groups -OCH3 is 1. The lowest BCUT2D eigenvalue weighted by atomic mass is 10.1. The summed E-state index contributed by atoms with van der Waals surface area (Å²) in [7, 11) is 1.64. The van der Waals surface area contributed by atoms with Gasteiger partial charge in [-0.05, 0) is 48.7 Å². The standard InChI is InChI=1S/C19H22Cl2N2O2/c1-13(17-8-5-15(20)11-18(17)21)23-12-19(24)22-10-9-14-3-6-16(25-2)7-4-14/h3-8,11,13,23H,9-10,12H2,1-2H3,(H,22,24)/t13-/m1/s1. The molecule has 0 aliphatic carbocycles. The molecule has 0 aliphatic heterocycles. The second-order valence-electron chi connectivity index (χ2n) is 5.72. The quantitative estimate of drug-likeness (QED) is 0.727. The van der Waals surface area contributed by atoms with Gasteiger partial charge < -0.3 is 15.4 Å². The highest BCUT2D eigenvalue weighted by Gasteiger charge is 2.11. The van der Waals surface area contributed by atoms with Crippen molar-refractivity contribution in [3.63, 3.8) is 0 Å². The maximum Gasteiger partial charge on any atom is 0.233 e.